The molecule has 0 spiro atoms. The van der Waals surface area contributed by atoms with Crippen molar-refractivity contribution in [2.24, 2.45) is 10.6 Å². The summed E-state index contributed by atoms with van der Waals surface area (Å²) in [4.78, 5) is 29.2. The lowest BCUT2D eigenvalue weighted by molar-refractivity contribution is -0.00699. The fraction of sp³-hybridized carbons (Fsp3) is 0.528. The second kappa shape index (κ2) is 21.3. The molecule has 0 bridgehead atoms. The van der Waals surface area contributed by atoms with E-state index in [-0.39, 0.29) is 11.6 Å². The Kier molecular flexibility index (Phi) is 17.1. The molecule has 0 saturated heterocycles. The van der Waals surface area contributed by atoms with Crippen LogP contribution in [0.1, 0.15) is 72.7 Å². The smallest absolute Gasteiger partial charge is 0.186 e. The molecule has 252 valence electrons. The average molecular weight is 640 g/mol. The molecule has 0 radical (unpaired) electrons. The molecule has 0 saturated carbocycles. The normalized spacial score (nSPS) is 12.9. The molecule has 0 aromatic heterocycles. The van der Waals surface area contributed by atoms with E-state index in [0.717, 1.165) is 24.2 Å². The topological polar surface area (TPSA) is 111 Å². The minimum Gasteiger partial charge on any atom is -0.491 e. The van der Waals surface area contributed by atoms with E-state index in [1.807, 2.05) is 24.3 Å². The van der Waals surface area contributed by atoms with Crippen LogP contribution in [0.15, 0.2) is 59.8 Å². The Balaban J connectivity index is 1.08. The Morgan fingerprint density at radius 3 is 1.78 bits per heavy atom. The van der Waals surface area contributed by atoms with Gasteiger partial charge in [0, 0.05) is 11.1 Å². The summed E-state index contributed by atoms with van der Waals surface area (Å²) in [5, 5.41) is 4.07. The van der Waals surface area contributed by atoms with Crippen LogP contribution in [0.3, 0.4) is 0 Å². The third-order valence-electron chi connectivity index (χ3n) is 6.81. The van der Waals surface area contributed by atoms with Crippen LogP contribution in [-0.2, 0) is 23.8 Å². The molecule has 0 unspecified atom stereocenters. The van der Waals surface area contributed by atoms with E-state index >= 15 is 0 Å². The number of allylic oxidation sites excluding steroid dienone is 2. The molecule has 0 aliphatic heterocycles. The molecule has 2 aromatic rings. The maximum atomic E-state index is 12.0. The van der Waals surface area contributed by atoms with Gasteiger partial charge in [-0.1, -0.05) is 44.5 Å². The summed E-state index contributed by atoms with van der Waals surface area (Å²) in [7, 11) is 0. The van der Waals surface area contributed by atoms with E-state index in [4.69, 9.17) is 33.3 Å². The van der Waals surface area contributed by atoms with Crippen molar-refractivity contribution in [2.75, 3.05) is 72.7 Å². The second-order valence-corrected chi connectivity index (χ2v) is 11.9. The molecule has 1 aliphatic carbocycles. The average Bonchev–Trinajstić information content (AvgIpc) is 3.03. The van der Waals surface area contributed by atoms with Crippen molar-refractivity contribution in [2.45, 2.75) is 46.5 Å². The van der Waals surface area contributed by atoms with Crippen molar-refractivity contribution in [1.82, 2.24) is 0 Å². The van der Waals surface area contributed by atoms with E-state index in [0.29, 0.717) is 95.0 Å². The highest BCUT2D eigenvalue weighted by molar-refractivity contribution is 6.22. The number of rotatable bonds is 24. The summed E-state index contributed by atoms with van der Waals surface area (Å²) in [6.45, 7) is 11.8. The fourth-order valence-corrected chi connectivity index (χ4v) is 4.40. The Hall–Kier alpha value is -3.57. The molecule has 46 heavy (non-hydrogen) atoms. The van der Waals surface area contributed by atoms with Crippen LogP contribution in [-0.4, -0.2) is 90.5 Å². The van der Waals surface area contributed by atoms with E-state index in [2.05, 4.69) is 25.9 Å². The number of ether oxygens (including phenoxy) is 6. The van der Waals surface area contributed by atoms with Crippen LogP contribution in [0.2, 0.25) is 0 Å². The van der Waals surface area contributed by atoms with Gasteiger partial charge in [0.05, 0.1) is 59.1 Å². The van der Waals surface area contributed by atoms with E-state index in [1.54, 1.807) is 24.4 Å². The van der Waals surface area contributed by atoms with Crippen molar-refractivity contribution < 1.29 is 42.8 Å². The molecule has 2 aromatic carbocycles. The van der Waals surface area contributed by atoms with Crippen molar-refractivity contribution in [3.05, 3.63) is 71.3 Å². The Morgan fingerprint density at radius 1 is 0.609 bits per heavy atom. The van der Waals surface area contributed by atoms with Crippen LogP contribution in [0, 0.1) is 5.41 Å². The zero-order valence-corrected chi connectivity index (χ0v) is 27.5. The predicted octanol–water partition coefficient (Wildman–Crippen LogP) is 6.10. The minimum atomic E-state index is -0.200. The number of nitrogens with zero attached hydrogens (tertiary/aromatic N) is 1. The summed E-state index contributed by atoms with van der Waals surface area (Å²) in [5.74, 6) is 0.898. The standard InChI is InChI=1S/C36H49NO9/c1-36(2,3)14-5-4-6-15-46-37-28-29-8-7-9-30(26-29)44-24-22-42-20-18-40-16-17-41-19-21-43-23-25-45-31-10-11-32-33(27-31)35(39)13-12-34(32)38/h7-13,26-28H,4-6,14-25H2,1-3H3/b37-28+. The van der Waals surface area contributed by atoms with Crippen LogP contribution < -0.4 is 9.47 Å². The number of carbonyl (C=O) groups excluding carboxylic acids is 2. The van der Waals surface area contributed by atoms with Crippen molar-refractivity contribution in [3.8, 4) is 11.5 Å². The maximum absolute atomic E-state index is 12.0. The van der Waals surface area contributed by atoms with Crippen LogP contribution >= 0.6 is 0 Å². The number of fused-ring (bicyclic) bond motifs is 1. The van der Waals surface area contributed by atoms with Crippen molar-refractivity contribution in [3.63, 3.8) is 0 Å². The number of carbonyl (C=O) groups is 2. The summed E-state index contributed by atoms with van der Waals surface area (Å²) < 4.78 is 33.5. The van der Waals surface area contributed by atoms with Gasteiger partial charge in [-0.15, -0.1) is 0 Å². The number of oxime groups is 1. The second-order valence-electron chi connectivity index (χ2n) is 11.9. The number of benzene rings is 2. The van der Waals surface area contributed by atoms with Crippen LogP contribution in [0.5, 0.6) is 11.5 Å². The Morgan fingerprint density at radius 2 is 1.17 bits per heavy atom. The summed E-state index contributed by atoms with van der Waals surface area (Å²) >= 11 is 0. The first-order chi connectivity index (χ1) is 22.3. The lowest BCUT2D eigenvalue weighted by Gasteiger charge is -2.17. The lowest BCUT2D eigenvalue weighted by atomic mass is 9.89. The van der Waals surface area contributed by atoms with Crippen LogP contribution in [0.4, 0.5) is 0 Å². The van der Waals surface area contributed by atoms with Gasteiger partial charge in [-0.05, 0) is 72.7 Å². The molecule has 10 nitrogen and oxygen atoms in total. The van der Waals surface area contributed by atoms with E-state index < -0.39 is 0 Å². The maximum Gasteiger partial charge on any atom is 0.186 e. The van der Waals surface area contributed by atoms with Crippen molar-refractivity contribution >= 4 is 17.8 Å². The zero-order chi connectivity index (χ0) is 32.9. The number of hydrogen-bond acceptors (Lipinski definition) is 10. The first kappa shape index (κ1) is 36.9. The third-order valence-corrected chi connectivity index (χ3v) is 6.81. The Labute approximate surface area is 273 Å². The van der Waals surface area contributed by atoms with Gasteiger partial charge in [0.1, 0.15) is 31.3 Å². The van der Waals surface area contributed by atoms with Gasteiger partial charge in [0.15, 0.2) is 11.6 Å². The molecule has 0 heterocycles. The first-order valence-electron chi connectivity index (χ1n) is 16.0. The van der Waals surface area contributed by atoms with E-state index in [1.165, 1.54) is 25.0 Å². The number of ketones is 2. The molecule has 0 N–H and O–H groups in total. The molecule has 3 rings (SSSR count). The van der Waals surface area contributed by atoms with Gasteiger partial charge >= 0.3 is 0 Å². The summed E-state index contributed by atoms with van der Waals surface area (Å²) in [5.41, 5.74) is 2.07. The first-order valence-corrected chi connectivity index (χ1v) is 16.0. The quantitative estimate of drug-likeness (QED) is 0.0764. The molecule has 0 atom stereocenters. The largest absolute Gasteiger partial charge is 0.491 e. The third kappa shape index (κ3) is 15.6. The zero-order valence-electron chi connectivity index (χ0n) is 27.5. The minimum absolute atomic E-state index is 0.177. The molecule has 0 amide bonds. The molecular formula is C36H49NO9. The highest BCUT2D eigenvalue weighted by atomic mass is 16.6. The molecule has 1 aliphatic rings. The van der Waals surface area contributed by atoms with Crippen molar-refractivity contribution in [1.29, 1.82) is 0 Å². The molecule has 10 heteroatoms. The highest BCUT2D eigenvalue weighted by Crippen LogP contribution is 2.23. The number of hydrogen-bond donors (Lipinski definition) is 0. The van der Waals surface area contributed by atoms with Gasteiger partial charge in [0.2, 0.25) is 0 Å². The monoisotopic (exact) mass is 639 g/mol. The van der Waals surface area contributed by atoms with Gasteiger partial charge in [-0.2, -0.15) is 0 Å². The molecular weight excluding hydrogens is 590 g/mol. The SMILES string of the molecule is CC(C)(C)CCCCCO/N=C/c1cccc(OCCOCCOCCOCCOCCOc2ccc3c(c2)C(=O)C=CC3=O)c1. The predicted molar refractivity (Wildman–Crippen MR) is 176 cm³/mol. The number of unbranched alkanes of at least 4 members (excludes halogenated alkanes) is 2. The van der Waals surface area contributed by atoms with Gasteiger partial charge in [-0.3, -0.25) is 9.59 Å². The fourth-order valence-electron chi connectivity index (χ4n) is 4.40. The summed E-state index contributed by atoms with van der Waals surface area (Å²) in [6.07, 6.45) is 8.88. The lowest BCUT2D eigenvalue weighted by Crippen LogP contribution is -2.15. The van der Waals surface area contributed by atoms with Gasteiger partial charge in [0.25, 0.3) is 0 Å². The highest BCUT2D eigenvalue weighted by Gasteiger charge is 2.19. The molecule has 0 fully saturated rings. The van der Waals surface area contributed by atoms with Crippen LogP contribution in [0.25, 0.3) is 0 Å². The van der Waals surface area contributed by atoms with E-state index in [9.17, 15) is 9.59 Å². The Bertz CT molecular complexity index is 1250. The van der Waals surface area contributed by atoms with Gasteiger partial charge in [-0.25, -0.2) is 0 Å². The van der Waals surface area contributed by atoms with Gasteiger partial charge < -0.3 is 33.3 Å². The summed E-state index contributed by atoms with van der Waals surface area (Å²) in [6, 6.07) is 12.6.